The quantitative estimate of drug-likeness (QED) is 0.220. The van der Waals surface area contributed by atoms with Crippen molar-refractivity contribution in [1.82, 2.24) is 0 Å². The highest BCUT2D eigenvalue weighted by molar-refractivity contribution is 6.35. The highest BCUT2D eigenvalue weighted by Crippen LogP contribution is 2.33. The van der Waals surface area contributed by atoms with Crippen molar-refractivity contribution < 1.29 is 31.9 Å². The van der Waals surface area contributed by atoms with Crippen LogP contribution in [0.2, 0.25) is 0 Å². The van der Waals surface area contributed by atoms with E-state index in [1.165, 1.54) is 0 Å². The summed E-state index contributed by atoms with van der Waals surface area (Å²) in [6.07, 6.45) is 0.103. The van der Waals surface area contributed by atoms with E-state index in [-0.39, 0.29) is 6.21 Å². The van der Waals surface area contributed by atoms with Gasteiger partial charge in [0, 0.05) is 0 Å². The molecule has 0 aliphatic rings. The molecule has 0 saturated heterocycles. The van der Waals surface area contributed by atoms with E-state index in [0.29, 0.717) is 0 Å². The molecule has 0 unspecified atom stereocenters. The van der Waals surface area contributed by atoms with Crippen molar-refractivity contribution in [3.8, 4) is 5.75 Å². The van der Waals surface area contributed by atoms with Crippen molar-refractivity contribution in [2.75, 3.05) is 0 Å². The van der Waals surface area contributed by atoms with Gasteiger partial charge in [0.2, 0.25) is 17.4 Å². The van der Waals surface area contributed by atoms with E-state index in [0.717, 1.165) is 0 Å². The maximum atomic E-state index is 13.5. The second-order valence-corrected chi connectivity index (χ2v) is 3.58. The van der Waals surface area contributed by atoms with Crippen LogP contribution in [0.3, 0.4) is 0 Å². The number of carbonyl (C=O) groups is 1. The van der Waals surface area contributed by atoms with Crippen LogP contribution in [0.25, 0.3) is 11.0 Å². The third-order valence-corrected chi connectivity index (χ3v) is 2.47. The summed E-state index contributed by atoms with van der Waals surface area (Å²) in [5, 5.41) is 14.9. The summed E-state index contributed by atoms with van der Waals surface area (Å²) < 4.78 is 57.1. The molecule has 0 aliphatic heterocycles. The summed E-state index contributed by atoms with van der Waals surface area (Å²) in [6, 6.07) is 0. The molecular formula is C11H3F4NO4. The van der Waals surface area contributed by atoms with E-state index in [1.54, 1.807) is 0 Å². The van der Waals surface area contributed by atoms with Crippen molar-refractivity contribution in [3.63, 3.8) is 0 Å². The van der Waals surface area contributed by atoms with Crippen LogP contribution < -0.4 is 5.63 Å². The number of benzene rings is 1. The van der Waals surface area contributed by atoms with Crippen LogP contribution in [-0.2, 0) is 0 Å². The number of fused-ring (bicyclic) bond motifs is 1. The molecule has 0 spiro atoms. The van der Waals surface area contributed by atoms with Gasteiger partial charge in [-0.3, -0.25) is 4.79 Å². The maximum absolute atomic E-state index is 13.5. The van der Waals surface area contributed by atoms with Gasteiger partial charge in [0.05, 0.1) is 6.21 Å². The number of nitrogens with one attached hydrogen (secondary N) is 1. The Morgan fingerprint density at radius 1 is 1.10 bits per heavy atom. The third kappa shape index (κ3) is 1.67. The lowest BCUT2D eigenvalue weighted by Crippen LogP contribution is -2.16. The highest BCUT2D eigenvalue weighted by Gasteiger charge is 2.29. The third-order valence-electron chi connectivity index (χ3n) is 2.47. The molecule has 0 fully saturated rings. The average Bonchev–Trinajstić information content (AvgIpc) is 2.41. The van der Waals surface area contributed by atoms with Gasteiger partial charge in [-0.25, -0.2) is 18.0 Å². The molecule has 9 heteroatoms. The van der Waals surface area contributed by atoms with Crippen LogP contribution in [0.15, 0.2) is 9.21 Å². The molecule has 104 valence electrons. The molecule has 20 heavy (non-hydrogen) atoms. The van der Waals surface area contributed by atoms with Gasteiger partial charge in [-0.1, -0.05) is 0 Å². The summed E-state index contributed by atoms with van der Waals surface area (Å²) in [7, 11) is 0. The van der Waals surface area contributed by atoms with Crippen LogP contribution in [0.4, 0.5) is 17.6 Å². The van der Waals surface area contributed by atoms with Crippen LogP contribution in [0.1, 0.15) is 10.4 Å². The summed E-state index contributed by atoms with van der Waals surface area (Å²) in [6.45, 7) is 0. The largest absolute Gasteiger partial charge is 0.506 e. The maximum Gasteiger partial charge on any atom is 0.351 e. The summed E-state index contributed by atoms with van der Waals surface area (Å²) in [5.41, 5.74) is -4.17. The van der Waals surface area contributed by atoms with Crippen LogP contribution in [-0.4, -0.2) is 17.1 Å². The molecule has 0 aliphatic carbocycles. The number of carbonyl (C=O) groups excluding carboxylic acids is 1. The van der Waals surface area contributed by atoms with E-state index in [1.807, 2.05) is 0 Å². The number of ketones is 1. The van der Waals surface area contributed by atoms with Gasteiger partial charge in [0.25, 0.3) is 0 Å². The van der Waals surface area contributed by atoms with Gasteiger partial charge in [0.1, 0.15) is 11.1 Å². The lowest BCUT2D eigenvalue weighted by Gasteiger charge is -2.07. The van der Waals surface area contributed by atoms with Gasteiger partial charge in [-0.05, 0) is 0 Å². The Labute approximate surface area is 106 Å². The van der Waals surface area contributed by atoms with Crippen molar-refractivity contribution in [2.45, 2.75) is 0 Å². The number of Topliss-reactive ketones (excluding diaryl/α,β-unsaturated/α-hetero) is 1. The number of hydrogen-bond donors (Lipinski definition) is 2. The summed E-state index contributed by atoms with van der Waals surface area (Å²) in [5.74, 6) is -11.3. The summed E-state index contributed by atoms with van der Waals surface area (Å²) in [4.78, 5) is 22.6. The smallest absolute Gasteiger partial charge is 0.351 e. The standard InChI is InChI=1S/C11H3F4NO4/c12-5-4-9(18)3(2(17)1-16)11(19)20-10(4)8(15)7(14)6(5)13/h1,16,18H. The highest BCUT2D eigenvalue weighted by atomic mass is 19.2. The van der Waals surface area contributed by atoms with Crippen LogP contribution >= 0.6 is 0 Å². The first-order chi connectivity index (χ1) is 9.31. The average molecular weight is 289 g/mol. The Bertz CT molecular complexity index is 828. The first kappa shape index (κ1) is 13.7. The fourth-order valence-electron chi connectivity index (χ4n) is 1.57. The fourth-order valence-corrected chi connectivity index (χ4v) is 1.57. The van der Waals surface area contributed by atoms with E-state index in [2.05, 4.69) is 4.42 Å². The minimum Gasteiger partial charge on any atom is -0.506 e. The number of aromatic hydroxyl groups is 1. The second kappa shape index (κ2) is 4.44. The Hall–Kier alpha value is -2.71. The monoisotopic (exact) mass is 289 g/mol. The molecule has 1 aromatic carbocycles. The molecule has 0 bridgehead atoms. The van der Waals surface area contributed by atoms with Gasteiger partial charge >= 0.3 is 5.63 Å². The lowest BCUT2D eigenvalue weighted by atomic mass is 10.1. The minimum absolute atomic E-state index is 0.103. The Balaban J connectivity index is 3.12. The van der Waals surface area contributed by atoms with Gasteiger partial charge in [-0.2, -0.15) is 4.39 Å². The zero-order valence-corrected chi connectivity index (χ0v) is 9.26. The molecule has 1 heterocycles. The molecule has 0 amide bonds. The lowest BCUT2D eigenvalue weighted by molar-refractivity contribution is 0.106. The first-order valence-corrected chi connectivity index (χ1v) is 4.87. The van der Waals surface area contributed by atoms with E-state index >= 15 is 0 Å². The van der Waals surface area contributed by atoms with E-state index < -0.39 is 57.0 Å². The van der Waals surface area contributed by atoms with Gasteiger partial charge < -0.3 is 14.9 Å². The SMILES string of the molecule is N=CC(=O)c1c(O)c2c(F)c(F)c(F)c(F)c2oc1=O. The zero-order chi connectivity index (χ0) is 15.2. The molecule has 2 N–H and O–H groups in total. The number of hydrogen-bond acceptors (Lipinski definition) is 5. The van der Waals surface area contributed by atoms with Crippen molar-refractivity contribution >= 4 is 23.0 Å². The van der Waals surface area contributed by atoms with Crippen molar-refractivity contribution in [3.05, 3.63) is 39.3 Å². The Morgan fingerprint density at radius 3 is 2.20 bits per heavy atom. The first-order valence-electron chi connectivity index (χ1n) is 4.87. The number of halogens is 4. The van der Waals surface area contributed by atoms with Gasteiger partial charge in [0.15, 0.2) is 22.8 Å². The topological polar surface area (TPSA) is 91.4 Å². The molecular weight excluding hydrogens is 286 g/mol. The molecule has 5 nitrogen and oxygen atoms in total. The van der Waals surface area contributed by atoms with Crippen molar-refractivity contribution in [1.29, 1.82) is 5.41 Å². The Morgan fingerprint density at radius 2 is 1.65 bits per heavy atom. The van der Waals surface area contributed by atoms with E-state index in [4.69, 9.17) is 5.41 Å². The molecule has 0 atom stereocenters. The Kier molecular flexibility index (Phi) is 3.04. The van der Waals surface area contributed by atoms with Gasteiger partial charge in [-0.15, -0.1) is 0 Å². The zero-order valence-electron chi connectivity index (χ0n) is 9.26. The normalized spacial score (nSPS) is 10.8. The predicted octanol–water partition coefficient (Wildman–Crippen LogP) is 1.89. The molecule has 0 radical (unpaired) electrons. The molecule has 1 aromatic heterocycles. The fraction of sp³-hybridized carbons (Fsp3) is 0. The van der Waals surface area contributed by atoms with Crippen LogP contribution in [0, 0.1) is 28.7 Å². The minimum atomic E-state index is -2.24. The van der Waals surface area contributed by atoms with Crippen LogP contribution in [0.5, 0.6) is 5.75 Å². The predicted molar refractivity (Wildman–Crippen MR) is 57.1 cm³/mol. The van der Waals surface area contributed by atoms with Crippen molar-refractivity contribution in [2.24, 2.45) is 0 Å². The molecule has 2 rings (SSSR count). The molecule has 2 aromatic rings. The van der Waals surface area contributed by atoms with E-state index in [9.17, 15) is 32.3 Å². The second-order valence-electron chi connectivity index (χ2n) is 3.58. The summed E-state index contributed by atoms with van der Waals surface area (Å²) >= 11 is 0. The molecule has 0 saturated carbocycles. The number of rotatable bonds is 2.